The van der Waals surface area contributed by atoms with Crippen molar-refractivity contribution in [2.45, 2.75) is 19.4 Å². The molecular weight excluding hydrogens is 328 g/mol. The van der Waals surface area contributed by atoms with Gasteiger partial charge in [0.2, 0.25) is 0 Å². The summed E-state index contributed by atoms with van der Waals surface area (Å²) in [7, 11) is 0. The number of anilines is 1. The number of hydrogen-bond donors (Lipinski definition) is 0. The maximum absolute atomic E-state index is 12.2. The third-order valence-corrected chi connectivity index (χ3v) is 4.78. The van der Waals surface area contributed by atoms with Crippen molar-refractivity contribution in [1.82, 2.24) is 24.7 Å². The zero-order valence-electron chi connectivity index (χ0n) is 14.4. The van der Waals surface area contributed by atoms with E-state index in [2.05, 4.69) is 25.0 Å². The number of nitrogens with zero attached hydrogens (tertiary/aromatic N) is 6. The maximum Gasteiger partial charge on any atom is 0.266 e. The lowest BCUT2D eigenvalue weighted by Gasteiger charge is -2.32. The summed E-state index contributed by atoms with van der Waals surface area (Å²) in [6.07, 6.45) is 8.83. The van der Waals surface area contributed by atoms with Crippen LogP contribution in [0.1, 0.15) is 12.8 Å². The Hall–Kier alpha value is -3.09. The lowest BCUT2D eigenvalue weighted by Crippen LogP contribution is -2.37. The first-order valence-electron chi connectivity index (χ1n) is 8.79. The van der Waals surface area contributed by atoms with Gasteiger partial charge in [-0.15, -0.1) is 0 Å². The third-order valence-electron chi connectivity index (χ3n) is 4.78. The molecule has 132 valence electrons. The van der Waals surface area contributed by atoms with Crippen LogP contribution in [0.25, 0.3) is 11.3 Å². The van der Waals surface area contributed by atoms with Crippen molar-refractivity contribution in [2.75, 3.05) is 18.0 Å². The highest BCUT2D eigenvalue weighted by atomic mass is 16.1. The van der Waals surface area contributed by atoms with Gasteiger partial charge in [-0.1, -0.05) is 0 Å². The Morgan fingerprint density at radius 2 is 1.73 bits per heavy atom. The minimum atomic E-state index is -0.0546. The molecule has 4 rings (SSSR count). The Kier molecular flexibility index (Phi) is 4.68. The van der Waals surface area contributed by atoms with Gasteiger partial charge < -0.3 is 4.90 Å². The van der Waals surface area contributed by atoms with E-state index in [1.54, 1.807) is 41.7 Å². The minimum Gasteiger partial charge on any atom is -0.357 e. The molecule has 0 unspecified atom stereocenters. The molecule has 0 radical (unpaired) electrons. The summed E-state index contributed by atoms with van der Waals surface area (Å²) in [5, 5.41) is 4.56. The molecule has 1 saturated heterocycles. The van der Waals surface area contributed by atoms with E-state index in [-0.39, 0.29) is 5.56 Å². The number of aromatic nitrogens is 5. The zero-order valence-corrected chi connectivity index (χ0v) is 14.4. The Bertz CT molecular complexity index is 904. The van der Waals surface area contributed by atoms with E-state index in [4.69, 9.17) is 0 Å². The number of pyridine rings is 1. The van der Waals surface area contributed by atoms with Gasteiger partial charge in [-0.25, -0.2) is 14.6 Å². The molecule has 0 saturated carbocycles. The monoisotopic (exact) mass is 348 g/mol. The van der Waals surface area contributed by atoms with Crippen LogP contribution < -0.4 is 10.5 Å². The van der Waals surface area contributed by atoms with E-state index in [0.717, 1.165) is 43.0 Å². The zero-order chi connectivity index (χ0) is 17.8. The first kappa shape index (κ1) is 16.4. The SMILES string of the molecule is O=c1ccc(-c2ccncc2)nn1CC1CCN(c2ccncn2)CC1. The van der Waals surface area contributed by atoms with Crippen LogP contribution in [0.4, 0.5) is 5.82 Å². The largest absolute Gasteiger partial charge is 0.357 e. The smallest absolute Gasteiger partial charge is 0.266 e. The molecule has 3 aromatic rings. The Labute approximate surface area is 151 Å². The van der Waals surface area contributed by atoms with Crippen LogP contribution in [0, 0.1) is 5.92 Å². The average Bonchev–Trinajstić information content (AvgIpc) is 2.71. The van der Waals surface area contributed by atoms with Crippen LogP contribution in [-0.4, -0.2) is 37.8 Å². The quantitative estimate of drug-likeness (QED) is 0.718. The molecule has 0 spiro atoms. The predicted molar refractivity (Wildman–Crippen MR) is 98.7 cm³/mol. The van der Waals surface area contributed by atoms with E-state index < -0.39 is 0 Å². The molecular formula is C19H20N6O. The molecule has 4 heterocycles. The van der Waals surface area contributed by atoms with E-state index in [9.17, 15) is 4.79 Å². The van der Waals surface area contributed by atoms with Gasteiger partial charge in [0.15, 0.2) is 0 Å². The van der Waals surface area contributed by atoms with Crippen LogP contribution in [0.3, 0.4) is 0 Å². The van der Waals surface area contributed by atoms with Crippen LogP contribution in [0.5, 0.6) is 0 Å². The lowest BCUT2D eigenvalue weighted by molar-refractivity contribution is 0.335. The van der Waals surface area contributed by atoms with Gasteiger partial charge in [-0.2, -0.15) is 5.10 Å². The fourth-order valence-corrected chi connectivity index (χ4v) is 3.32. The standard InChI is InChI=1S/C19H20N6O/c26-19-2-1-17(16-3-8-20-9-4-16)23-25(19)13-15-6-11-24(12-7-15)18-5-10-21-14-22-18/h1-5,8-10,14-15H,6-7,11-13H2. The molecule has 0 atom stereocenters. The lowest BCUT2D eigenvalue weighted by atomic mass is 9.97. The van der Waals surface area contributed by atoms with Crippen molar-refractivity contribution in [3.63, 3.8) is 0 Å². The number of piperidine rings is 1. The van der Waals surface area contributed by atoms with Gasteiger partial charge in [-0.05, 0) is 43.0 Å². The summed E-state index contributed by atoms with van der Waals surface area (Å²) in [6.45, 7) is 2.51. The fraction of sp³-hybridized carbons (Fsp3) is 0.316. The molecule has 1 aliphatic rings. The summed E-state index contributed by atoms with van der Waals surface area (Å²) in [5.74, 6) is 1.40. The van der Waals surface area contributed by atoms with Crippen molar-refractivity contribution < 1.29 is 0 Å². The van der Waals surface area contributed by atoms with Crippen LogP contribution in [0.15, 0.2) is 60.0 Å². The van der Waals surface area contributed by atoms with Crippen molar-refractivity contribution >= 4 is 5.82 Å². The maximum atomic E-state index is 12.2. The first-order valence-corrected chi connectivity index (χ1v) is 8.79. The van der Waals surface area contributed by atoms with Crippen molar-refractivity contribution in [3.8, 4) is 11.3 Å². The number of rotatable bonds is 4. The van der Waals surface area contributed by atoms with Crippen molar-refractivity contribution in [2.24, 2.45) is 5.92 Å². The van der Waals surface area contributed by atoms with Crippen molar-refractivity contribution in [1.29, 1.82) is 0 Å². The van der Waals surface area contributed by atoms with Crippen LogP contribution >= 0.6 is 0 Å². The molecule has 0 aliphatic carbocycles. The summed E-state index contributed by atoms with van der Waals surface area (Å²) in [4.78, 5) is 26.8. The summed E-state index contributed by atoms with van der Waals surface area (Å²) < 4.78 is 1.60. The number of hydrogen-bond acceptors (Lipinski definition) is 6. The van der Waals surface area contributed by atoms with Gasteiger partial charge in [-0.3, -0.25) is 9.78 Å². The molecule has 0 N–H and O–H groups in total. The van der Waals surface area contributed by atoms with Crippen LogP contribution in [-0.2, 0) is 6.54 Å². The summed E-state index contributed by atoms with van der Waals surface area (Å²) >= 11 is 0. The second kappa shape index (κ2) is 7.43. The highest BCUT2D eigenvalue weighted by molar-refractivity contribution is 5.56. The topological polar surface area (TPSA) is 76.8 Å². The third kappa shape index (κ3) is 3.61. The Morgan fingerprint density at radius 3 is 2.46 bits per heavy atom. The molecule has 3 aromatic heterocycles. The highest BCUT2D eigenvalue weighted by Crippen LogP contribution is 2.22. The average molecular weight is 348 g/mol. The van der Waals surface area contributed by atoms with E-state index in [1.165, 1.54) is 0 Å². The highest BCUT2D eigenvalue weighted by Gasteiger charge is 2.21. The van der Waals surface area contributed by atoms with E-state index in [0.29, 0.717) is 12.5 Å². The normalized spacial score (nSPS) is 15.2. The Morgan fingerprint density at radius 1 is 0.962 bits per heavy atom. The Balaban J connectivity index is 1.44. The van der Waals surface area contributed by atoms with Crippen LogP contribution in [0.2, 0.25) is 0 Å². The van der Waals surface area contributed by atoms with Gasteiger partial charge in [0.05, 0.1) is 5.69 Å². The van der Waals surface area contributed by atoms with Gasteiger partial charge in [0, 0.05) is 49.9 Å². The summed E-state index contributed by atoms with van der Waals surface area (Å²) in [5.41, 5.74) is 1.71. The first-order chi connectivity index (χ1) is 12.8. The molecule has 7 nitrogen and oxygen atoms in total. The molecule has 0 amide bonds. The predicted octanol–water partition coefficient (Wildman–Crippen LogP) is 2.01. The second-order valence-electron chi connectivity index (χ2n) is 6.47. The molecule has 0 aromatic carbocycles. The van der Waals surface area contributed by atoms with Crippen molar-refractivity contribution in [3.05, 3.63) is 65.6 Å². The fourth-order valence-electron chi connectivity index (χ4n) is 3.32. The van der Waals surface area contributed by atoms with Gasteiger partial charge in [0.1, 0.15) is 12.1 Å². The molecule has 1 fully saturated rings. The summed E-state index contributed by atoms with van der Waals surface area (Å²) in [6, 6.07) is 9.10. The minimum absolute atomic E-state index is 0.0546. The molecule has 26 heavy (non-hydrogen) atoms. The molecule has 0 bridgehead atoms. The second-order valence-corrected chi connectivity index (χ2v) is 6.47. The molecule has 1 aliphatic heterocycles. The van der Waals surface area contributed by atoms with E-state index in [1.807, 2.05) is 18.2 Å². The van der Waals surface area contributed by atoms with Gasteiger partial charge in [0.25, 0.3) is 5.56 Å². The van der Waals surface area contributed by atoms with Gasteiger partial charge >= 0.3 is 0 Å². The van der Waals surface area contributed by atoms with E-state index >= 15 is 0 Å². The molecule has 7 heteroatoms.